The van der Waals surface area contributed by atoms with Crippen LogP contribution >= 0.6 is 11.3 Å². The second-order valence-electron chi connectivity index (χ2n) is 5.27. The summed E-state index contributed by atoms with van der Waals surface area (Å²) in [7, 11) is 0. The number of nitrogens with zero attached hydrogens (tertiary/aromatic N) is 1. The molecule has 1 fully saturated rings. The van der Waals surface area contributed by atoms with Gasteiger partial charge in [0.05, 0.1) is 6.54 Å². The third-order valence-electron chi connectivity index (χ3n) is 3.85. The number of hydrogen-bond acceptors (Lipinski definition) is 4. The van der Waals surface area contributed by atoms with Gasteiger partial charge in [-0.25, -0.2) is 0 Å². The molecule has 1 N–H and O–H groups in total. The van der Waals surface area contributed by atoms with Crippen LogP contribution in [0.15, 0.2) is 40.6 Å². The lowest BCUT2D eigenvalue weighted by molar-refractivity contribution is 0.0269. The van der Waals surface area contributed by atoms with Crippen LogP contribution in [0.25, 0.3) is 0 Å². The van der Waals surface area contributed by atoms with Gasteiger partial charge in [0.15, 0.2) is 0 Å². The van der Waals surface area contributed by atoms with Gasteiger partial charge < -0.3 is 14.6 Å². The predicted molar refractivity (Wildman–Crippen MR) is 85.1 cm³/mol. The van der Waals surface area contributed by atoms with Crippen molar-refractivity contribution in [1.82, 2.24) is 9.88 Å². The number of hydrogen-bond donors (Lipinski definition) is 1. The Morgan fingerprint density at radius 1 is 1.32 bits per heavy atom. The molecule has 0 atom stereocenters. The number of H-pyrrole nitrogens is 1. The number of carbonyl (C=O) groups is 1. The van der Waals surface area contributed by atoms with Gasteiger partial charge in [-0.05, 0) is 36.4 Å². The number of aromatic nitrogens is 1. The Kier molecular flexibility index (Phi) is 4.70. The molecule has 116 valence electrons. The summed E-state index contributed by atoms with van der Waals surface area (Å²) < 4.78 is 5.39. The summed E-state index contributed by atoms with van der Waals surface area (Å²) in [6.45, 7) is 1.85. The minimum Gasteiger partial charge on any atom is -0.381 e. The average molecular weight is 318 g/mol. The monoisotopic (exact) mass is 318 g/mol. The van der Waals surface area contributed by atoms with Crippen molar-refractivity contribution in [2.45, 2.75) is 25.4 Å². The number of nitrogens with one attached hydrogen (secondary N) is 1. The van der Waals surface area contributed by atoms with E-state index >= 15 is 0 Å². The molecule has 5 nitrogen and oxygen atoms in total. The van der Waals surface area contributed by atoms with E-state index in [9.17, 15) is 9.59 Å². The molecule has 0 radical (unpaired) electrons. The molecule has 22 heavy (non-hydrogen) atoms. The summed E-state index contributed by atoms with van der Waals surface area (Å²) in [5.41, 5.74) is -0.138. The average Bonchev–Trinajstić information content (AvgIpc) is 3.06. The van der Waals surface area contributed by atoms with E-state index in [0.29, 0.717) is 19.8 Å². The molecule has 3 rings (SSSR count). The van der Waals surface area contributed by atoms with Crippen molar-refractivity contribution in [3.8, 4) is 0 Å². The maximum absolute atomic E-state index is 12.9. The zero-order valence-corrected chi connectivity index (χ0v) is 13.0. The van der Waals surface area contributed by atoms with E-state index in [2.05, 4.69) is 4.98 Å². The topological polar surface area (TPSA) is 62.4 Å². The lowest BCUT2D eigenvalue weighted by Crippen LogP contribution is -2.44. The number of rotatable bonds is 4. The second-order valence-corrected chi connectivity index (χ2v) is 6.30. The highest BCUT2D eigenvalue weighted by Gasteiger charge is 2.28. The van der Waals surface area contributed by atoms with Crippen LogP contribution in [0.4, 0.5) is 0 Å². The SMILES string of the molecule is O=C(c1ccc[nH]c1=O)N(Cc1cccs1)C1CCOCC1. The normalized spacial score (nSPS) is 15.6. The van der Waals surface area contributed by atoms with Gasteiger partial charge in [-0.2, -0.15) is 0 Å². The molecule has 0 aromatic carbocycles. The predicted octanol–water partition coefficient (Wildman–Crippen LogP) is 2.26. The Hall–Kier alpha value is -1.92. The van der Waals surface area contributed by atoms with Crippen LogP contribution in [-0.4, -0.2) is 35.0 Å². The Bertz CT molecular complexity index is 675. The van der Waals surface area contributed by atoms with Gasteiger partial charge in [0.25, 0.3) is 11.5 Å². The van der Waals surface area contributed by atoms with Crippen molar-refractivity contribution in [3.05, 3.63) is 56.6 Å². The number of ether oxygens (including phenoxy) is 1. The number of amides is 1. The van der Waals surface area contributed by atoms with Gasteiger partial charge >= 0.3 is 0 Å². The first-order valence-electron chi connectivity index (χ1n) is 7.34. The van der Waals surface area contributed by atoms with Gasteiger partial charge in [-0.15, -0.1) is 11.3 Å². The van der Waals surface area contributed by atoms with E-state index in [-0.39, 0.29) is 23.1 Å². The smallest absolute Gasteiger partial charge is 0.260 e. The van der Waals surface area contributed by atoms with Crippen LogP contribution in [0.3, 0.4) is 0 Å². The highest BCUT2D eigenvalue weighted by Crippen LogP contribution is 2.21. The van der Waals surface area contributed by atoms with E-state index in [0.717, 1.165) is 17.7 Å². The number of aromatic amines is 1. The Morgan fingerprint density at radius 3 is 2.82 bits per heavy atom. The molecule has 0 saturated carbocycles. The lowest BCUT2D eigenvalue weighted by Gasteiger charge is -2.34. The van der Waals surface area contributed by atoms with E-state index in [1.165, 1.54) is 6.20 Å². The standard InChI is InChI=1S/C16H18N2O3S/c19-15-14(4-1-7-17-15)16(20)18(11-13-3-2-10-22-13)12-5-8-21-9-6-12/h1-4,7,10,12H,5-6,8-9,11H2,(H,17,19). The fourth-order valence-electron chi connectivity index (χ4n) is 2.68. The van der Waals surface area contributed by atoms with E-state index in [1.807, 2.05) is 22.4 Å². The minimum absolute atomic E-state index is 0.114. The first-order valence-corrected chi connectivity index (χ1v) is 8.22. The van der Waals surface area contributed by atoms with Crippen LogP contribution in [0.5, 0.6) is 0 Å². The number of pyridine rings is 1. The summed E-state index contributed by atoms with van der Waals surface area (Å²) in [6, 6.07) is 7.37. The molecule has 2 aromatic heterocycles. The molecule has 1 aliphatic rings. The summed E-state index contributed by atoms with van der Waals surface area (Å²) in [5.74, 6) is -0.206. The zero-order valence-electron chi connectivity index (χ0n) is 12.2. The van der Waals surface area contributed by atoms with Gasteiger partial charge in [0.2, 0.25) is 0 Å². The Labute approximate surface area is 132 Å². The molecule has 0 aliphatic carbocycles. The Balaban J connectivity index is 1.88. The van der Waals surface area contributed by atoms with Crippen LogP contribution in [0.1, 0.15) is 28.1 Å². The summed E-state index contributed by atoms with van der Waals surface area (Å²) in [4.78, 5) is 30.3. The van der Waals surface area contributed by atoms with Gasteiger partial charge in [0.1, 0.15) is 5.56 Å². The second kappa shape index (κ2) is 6.89. The largest absolute Gasteiger partial charge is 0.381 e. The third kappa shape index (κ3) is 3.28. The van der Waals surface area contributed by atoms with Crippen molar-refractivity contribution >= 4 is 17.2 Å². The van der Waals surface area contributed by atoms with Crippen LogP contribution < -0.4 is 5.56 Å². The molecule has 1 saturated heterocycles. The quantitative estimate of drug-likeness (QED) is 0.940. The summed E-state index contributed by atoms with van der Waals surface area (Å²) in [6.07, 6.45) is 3.15. The number of carbonyl (C=O) groups excluding carboxylic acids is 1. The van der Waals surface area contributed by atoms with Crippen LogP contribution in [-0.2, 0) is 11.3 Å². The highest BCUT2D eigenvalue weighted by atomic mass is 32.1. The molecular weight excluding hydrogens is 300 g/mol. The van der Waals surface area contributed by atoms with Crippen molar-refractivity contribution in [2.75, 3.05) is 13.2 Å². The highest BCUT2D eigenvalue weighted by molar-refractivity contribution is 7.09. The molecule has 2 aromatic rings. The van der Waals surface area contributed by atoms with E-state index in [4.69, 9.17) is 4.74 Å². The molecule has 6 heteroatoms. The number of thiophene rings is 1. The van der Waals surface area contributed by atoms with Crippen molar-refractivity contribution in [1.29, 1.82) is 0 Å². The maximum Gasteiger partial charge on any atom is 0.260 e. The minimum atomic E-state index is -0.337. The van der Waals surface area contributed by atoms with Crippen molar-refractivity contribution in [3.63, 3.8) is 0 Å². The van der Waals surface area contributed by atoms with Crippen LogP contribution in [0.2, 0.25) is 0 Å². The maximum atomic E-state index is 12.9. The fraction of sp³-hybridized carbons (Fsp3) is 0.375. The molecule has 0 bridgehead atoms. The van der Waals surface area contributed by atoms with E-state index in [1.54, 1.807) is 23.5 Å². The molecule has 0 spiro atoms. The summed E-state index contributed by atoms with van der Waals surface area (Å²) >= 11 is 1.62. The summed E-state index contributed by atoms with van der Waals surface area (Å²) in [5, 5.41) is 2.00. The molecule has 1 amide bonds. The van der Waals surface area contributed by atoms with Gasteiger partial charge in [-0.3, -0.25) is 9.59 Å². The first-order chi connectivity index (χ1) is 10.8. The zero-order chi connectivity index (χ0) is 15.4. The van der Waals surface area contributed by atoms with Crippen molar-refractivity contribution < 1.29 is 9.53 Å². The molecule has 0 unspecified atom stereocenters. The fourth-order valence-corrected chi connectivity index (χ4v) is 3.38. The molecule has 1 aliphatic heterocycles. The van der Waals surface area contributed by atoms with Crippen LogP contribution in [0, 0.1) is 0 Å². The Morgan fingerprint density at radius 2 is 2.14 bits per heavy atom. The lowest BCUT2D eigenvalue weighted by atomic mass is 10.1. The third-order valence-corrected chi connectivity index (χ3v) is 4.71. The molecule has 3 heterocycles. The van der Waals surface area contributed by atoms with Crippen molar-refractivity contribution in [2.24, 2.45) is 0 Å². The first kappa shape index (κ1) is 15.0. The van der Waals surface area contributed by atoms with Gasteiger partial charge in [0, 0.05) is 30.3 Å². The van der Waals surface area contributed by atoms with Gasteiger partial charge in [-0.1, -0.05) is 6.07 Å². The van der Waals surface area contributed by atoms with E-state index < -0.39 is 0 Å². The molecular formula is C16H18N2O3S.